The summed E-state index contributed by atoms with van der Waals surface area (Å²) in [6.45, 7) is 8.75. The zero-order valence-corrected chi connectivity index (χ0v) is 7.00. The lowest BCUT2D eigenvalue weighted by atomic mass is 10.0. The van der Waals surface area contributed by atoms with E-state index in [9.17, 15) is 0 Å². The van der Waals surface area contributed by atoms with Crippen molar-refractivity contribution in [2.24, 2.45) is 5.41 Å². The van der Waals surface area contributed by atoms with Crippen LogP contribution in [0.2, 0.25) is 0 Å². The van der Waals surface area contributed by atoms with Gasteiger partial charge < -0.3 is 5.32 Å². The molecule has 0 aliphatic rings. The molecule has 0 aromatic rings. The van der Waals surface area contributed by atoms with E-state index in [1.54, 1.807) is 0 Å². The maximum atomic E-state index is 2.75. The van der Waals surface area contributed by atoms with Crippen LogP contribution < -0.4 is 5.32 Å². The predicted octanol–water partition coefficient (Wildman–Crippen LogP) is 1.89. The highest BCUT2D eigenvalue weighted by Crippen LogP contribution is 2.07. The van der Waals surface area contributed by atoms with E-state index in [-0.39, 0.29) is 0 Å². The minimum atomic E-state index is 0.500. The van der Waals surface area contributed by atoms with E-state index >= 15 is 0 Å². The number of hydrogen-bond acceptors (Lipinski definition) is 1. The van der Waals surface area contributed by atoms with E-state index in [0.29, 0.717) is 5.41 Å². The van der Waals surface area contributed by atoms with Crippen LogP contribution in [0.25, 0.3) is 0 Å². The average Bonchev–Trinajstić information content (AvgIpc) is 1.27. The van der Waals surface area contributed by atoms with Crippen LogP contribution in [-0.4, -0.2) is 14.1 Å². The Balaban J connectivity index is 0. The van der Waals surface area contributed by atoms with E-state index in [0.717, 1.165) is 0 Å². The highest BCUT2D eigenvalue weighted by molar-refractivity contribution is 4.47. The van der Waals surface area contributed by atoms with Crippen LogP contribution in [0.5, 0.6) is 0 Å². The van der Waals surface area contributed by atoms with E-state index in [1.807, 2.05) is 14.1 Å². The Morgan fingerprint density at radius 1 is 0.875 bits per heavy atom. The third kappa shape index (κ3) is 91600. The first kappa shape index (κ1) is 10.9. The van der Waals surface area contributed by atoms with Gasteiger partial charge in [-0.05, 0) is 19.5 Å². The molecule has 0 fully saturated rings. The molecule has 0 bridgehead atoms. The van der Waals surface area contributed by atoms with Gasteiger partial charge >= 0.3 is 0 Å². The quantitative estimate of drug-likeness (QED) is 0.511. The molecule has 0 spiro atoms. The van der Waals surface area contributed by atoms with Crippen molar-refractivity contribution in [1.29, 1.82) is 0 Å². The lowest BCUT2D eigenvalue weighted by Gasteiger charge is -2.05. The van der Waals surface area contributed by atoms with Crippen molar-refractivity contribution in [3.8, 4) is 0 Å². The van der Waals surface area contributed by atoms with E-state index in [2.05, 4.69) is 33.0 Å². The second-order valence-corrected chi connectivity index (χ2v) is 3.50. The second-order valence-electron chi connectivity index (χ2n) is 3.50. The summed E-state index contributed by atoms with van der Waals surface area (Å²) in [4.78, 5) is 0. The molecule has 1 nitrogen and oxygen atoms in total. The molecule has 0 saturated heterocycles. The lowest BCUT2D eigenvalue weighted by Crippen LogP contribution is -1.93. The van der Waals surface area contributed by atoms with Crippen molar-refractivity contribution >= 4 is 0 Å². The monoisotopic (exact) mass is 117 g/mol. The fourth-order valence-electron chi connectivity index (χ4n) is 0. The molecule has 1 N–H and O–H groups in total. The summed E-state index contributed by atoms with van der Waals surface area (Å²) in [5.41, 5.74) is 0.500. The molecular formula is C7H19N. The lowest BCUT2D eigenvalue weighted by molar-refractivity contribution is 0.469. The van der Waals surface area contributed by atoms with Crippen LogP contribution >= 0.6 is 0 Å². The largest absolute Gasteiger partial charge is 0.323 e. The standard InChI is InChI=1S/C5H12.C2H7N/c1-5(2,3)4;1-3-2/h1-4H3;3H,1-2H3. The van der Waals surface area contributed by atoms with Gasteiger partial charge in [0.25, 0.3) is 0 Å². The van der Waals surface area contributed by atoms with Crippen molar-refractivity contribution < 1.29 is 0 Å². The Bertz CT molecular complexity index is 28.1. The third-order valence-corrected chi connectivity index (χ3v) is 0. The second kappa shape index (κ2) is 5.10. The van der Waals surface area contributed by atoms with Crippen LogP contribution in [0.1, 0.15) is 27.7 Å². The SMILES string of the molecule is CC(C)(C)C.CNC. The van der Waals surface area contributed by atoms with Crippen molar-refractivity contribution in [2.75, 3.05) is 14.1 Å². The highest BCUT2D eigenvalue weighted by atomic mass is 14.7. The van der Waals surface area contributed by atoms with Gasteiger partial charge in [-0.15, -0.1) is 0 Å². The van der Waals surface area contributed by atoms with Gasteiger partial charge in [0, 0.05) is 0 Å². The Kier molecular flexibility index (Phi) is 6.93. The molecule has 0 atom stereocenters. The van der Waals surface area contributed by atoms with E-state index in [4.69, 9.17) is 0 Å². The van der Waals surface area contributed by atoms with E-state index < -0.39 is 0 Å². The first-order chi connectivity index (χ1) is 3.41. The van der Waals surface area contributed by atoms with Gasteiger partial charge in [0.15, 0.2) is 0 Å². The summed E-state index contributed by atoms with van der Waals surface area (Å²) >= 11 is 0. The van der Waals surface area contributed by atoms with E-state index in [1.165, 1.54) is 0 Å². The minimum absolute atomic E-state index is 0.500. The predicted molar refractivity (Wildman–Crippen MR) is 40.1 cm³/mol. The molecule has 0 aliphatic heterocycles. The molecule has 1 heteroatoms. The molecule has 52 valence electrons. The van der Waals surface area contributed by atoms with Gasteiger partial charge in [-0.25, -0.2) is 0 Å². The molecule has 0 saturated carbocycles. The summed E-state index contributed by atoms with van der Waals surface area (Å²) in [6.07, 6.45) is 0. The van der Waals surface area contributed by atoms with Gasteiger partial charge in [-0.1, -0.05) is 27.7 Å². The van der Waals surface area contributed by atoms with Crippen LogP contribution in [-0.2, 0) is 0 Å². The maximum Gasteiger partial charge on any atom is -0.0167 e. The van der Waals surface area contributed by atoms with Crippen LogP contribution in [0.4, 0.5) is 0 Å². The summed E-state index contributed by atoms with van der Waals surface area (Å²) in [6, 6.07) is 0. The summed E-state index contributed by atoms with van der Waals surface area (Å²) < 4.78 is 0. The van der Waals surface area contributed by atoms with Gasteiger partial charge in [-0.2, -0.15) is 0 Å². The van der Waals surface area contributed by atoms with Gasteiger partial charge in [-0.3, -0.25) is 0 Å². The van der Waals surface area contributed by atoms with Gasteiger partial charge in [0.05, 0.1) is 0 Å². The fourth-order valence-corrected chi connectivity index (χ4v) is 0. The smallest absolute Gasteiger partial charge is 0.0167 e. The van der Waals surface area contributed by atoms with Crippen molar-refractivity contribution in [3.05, 3.63) is 0 Å². The summed E-state index contributed by atoms with van der Waals surface area (Å²) in [7, 11) is 3.75. The molecule has 0 radical (unpaired) electrons. The Labute approximate surface area is 53.5 Å². The molecule has 0 unspecified atom stereocenters. The summed E-state index contributed by atoms with van der Waals surface area (Å²) in [5, 5.41) is 2.75. The molecular weight excluding hydrogens is 98.1 g/mol. The highest BCUT2D eigenvalue weighted by Gasteiger charge is 1.95. The number of hydrogen-bond donors (Lipinski definition) is 1. The fraction of sp³-hybridized carbons (Fsp3) is 1.00. The van der Waals surface area contributed by atoms with Gasteiger partial charge in [0.1, 0.15) is 0 Å². The van der Waals surface area contributed by atoms with Crippen molar-refractivity contribution in [1.82, 2.24) is 5.32 Å². The number of nitrogens with one attached hydrogen (secondary N) is 1. The topological polar surface area (TPSA) is 12.0 Å². The zero-order valence-electron chi connectivity index (χ0n) is 7.00. The van der Waals surface area contributed by atoms with Crippen LogP contribution in [0, 0.1) is 5.41 Å². The van der Waals surface area contributed by atoms with Crippen LogP contribution in [0.3, 0.4) is 0 Å². The first-order valence-corrected chi connectivity index (χ1v) is 3.00. The maximum absolute atomic E-state index is 2.75. The zero-order chi connectivity index (χ0) is 7.21. The van der Waals surface area contributed by atoms with Crippen molar-refractivity contribution in [3.63, 3.8) is 0 Å². The summed E-state index contributed by atoms with van der Waals surface area (Å²) in [5.74, 6) is 0. The Morgan fingerprint density at radius 3 is 0.875 bits per heavy atom. The normalized spacial score (nSPS) is 9.75. The molecule has 8 heavy (non-hydrogen) atoms. The molecule has 0 heterocycles. The van der Waals surface area contributed by atoms with Crippen LogP contribution in [0.15, 0.2) is 0 Å². The first-order valence-electron chi connectivity index (χ1n) is 3.00. The molecule has 0 aliphatic carbocycles. The Morgan fingerprint density at radius 2 is 0.875 bits per heavy atom. The molecule has 0 aromatic heterocycles. The molecule has 0 aromatic carbocycles. The third-order valence-electron chi connectivity index (χ3n) is 0. The number of rotatable bonds is 0. The molecule has 0 amide bonds. The minimum Gasteiger partial charge on any atom is -0.323 e. The van der Waals surface area contributed by atoms with Crippen molar-refractivity contribution in [2.45, 2.75) is 27.7 Å². The molecule has 0 rings (SSSR count). The average molecular weight is 117 g/mol. The van der Waals surface area contributed by atoms with Gasteiger partial charge in [0.2, 0.25) is 0 Å². The Hall–Kier alpha value is -0.0400.